The highest BCUT2D eigenvalue weighted by Gasteiger charge is 2.19. The van der Waals surface area contributed by atoms with Crippen LogP contribution in [0.4, 0.5) is 17.6 Å². The minimum Gasteiger partial charge on any atom is -0.207 e. The molecule has 0 atom stereocenters. The molecule has 0 spiro atoms. The summed E-state index contributed by atoms with van der Waals surface area (Å²) < 4.78 is 56.2. The first kappa shape index (κ1) is 23.4. The fourth-order valence-corrected chi connectivity index (χ4v) is 3.63. The molecule has 0 radical (unpaired) electrons. The summed E-state index contributed by atoms with van der Waals surface area (Å²) in [5, 5.41) is 0. The minimum absolute atomic E-state index is 0.118. The molecule has 160 valence electrons. The van der Waals surface area contributed by atoms with Crippen LogP contribution in [0.15, 0.2) is 24.3 Å². The summed E-state index contributed by atoms with van der Waals surface area (Å²) in [6, 6.07) is 5.32. The van der Waals surface area contributed by atoms with Crippen LogP contribution in [0.2, 0.25) is 0 Å². The third kappa shape index (κ3) is 6.87. The monoisotopic (exact) mass is 408 g/mol. The van der Waals surface area contributed by atoms with Crippen LogP contribution >= 0.6 is 0 Å². The van der Waals surface area contributed by atoms with E-state index in [9.17, 15) is 17.6 Å². The van der Waals surface area contributed by atoms with Crippen molar-refractivity contribution in [3.8, 4) is 11.1 Å². The fraction of sp³-hybridized carbons (Fsp3) is 0.520. The Kier molecular flexibility index (Phi) is 9.69. The molecule has 0 bridgehead atoms. The molecule has 4 heteroatoms. The van der Waals surface area contributed by atoms with E-state index in [-0.39, 0.29) is 11.1 Å². The molecule has 2 aromatic carbocycles. The Bertz CT molecular complexity index is 783. The van der Waals surface area contributed by atoms with Gasteiger partial charge in [-0.25, -0.2) is 17.6 Å². The lowest BCUT2D eigenvalue weighted by atomic mass is 9.98. The van der Waals surface area contributed by atoms with Gasteiger partial charge in [-0.15, -0.1) is 0 Å². The SMILES string of the molecule is CCCCCCCCCCCCc1ccc(-c2cc(F)c(C)c(F)c2F)c(F)c1. The summed E-state index contributed by atoms with van der Waals surface area (Å²) in [4.78, 5) is 0. The average Bonchev–Trinajstić information content (AvgIpc) is 2.71. The van der Waals surface area contributed by atoms with Crippen LogP contribution in [-0.4, -0.2) is 0 Å². The van der Waals surface area contributed by atoms with Crippen molar-refractivity contribution in [3.05, 3.63) is 58.7 Å². The quantitative estimate of drug-likeness (QED) is 0.187. The maximum absolute atomic E-state index is 14.5. The third-order valence-electron chi connectivity index (χ3n) is 5.53. The van der Waals surface area contributed by atoms with Gasteiger partial charge in [-0.2, -0.15) is 0 Å². The van der Waals surface area contributed by atoms with Crippen molar-refractivity contribution in [3.63, 3.8) is 0 Å². The lowest BCUT2D eigenvalue weighted by Gasteiger charge is -2.10. The van der Waals surface area contributed by atoms with Crippen LogP contribution in [0.3, 0.4) is 0 Å². The van der Waals surface area contributed by atoms with Crippen molar-refractivity contribution in [2.45, 2.75) is 84.5 Å². The van der Waals surface area contributed by atoms with E-state index in [1.165, 1.54) is 63.5 Å². The largest absolute Gasteiger partial charge is 0.207 e. The van der Waals surface area contributed by atoms with E-state index in [2.05, 4.69) is 6.92 Å². The smallest absolute Gasteiger partial charge is 0.167 e. The number of hydrogen-bond acceptors (Lipinski definition) is 0. The van der Waals surface area contributed by atoms with E-state index >= 15 is 0 Å². The van der Waals surface area contributed by atoms with Crippen molar-refractivity contribution in [2.24, 2.45) is 0 Å². The van der Waals surface area contributed by atoms with E-state index < -0.39 is 28.8 Å². The summed E-state index contributed by atoms with van der Waals surface area (Å²) in [6.07, 6.45) is 13.1. The Morgan fingerprint density at radius 2 is 1.21 bits per heavy atom. The first-order chi connectivity index (χ1) is 14.0. The normalized spacial score (nSPS) is 11.2. The molecular weight excluding hydrogens is 376 g/mol. The molecular formula is C25H32F4. The van der Waals surface area contributed by atoms with Crippen LogP contribution in [0.25, 0.3) is 11.1 Å². The topological polar surface area (TPSA) is 0 Å². The second-order valence-electron chi connectivity index (χ2n) is 7.91. The van der Waals surface area contributed by atoms with Gasteiger partial charge in [0, 0.05) is 16.7 Å². The highest BCUT2D eigenvalue weighted by molar-refractivity contribution is 5.66. The highest BCUT2D eigenvalue weighted by Crippen LogP contribution is 2.30. The predicted molar refractivity (Wildman–Crippen MR) is 112 cm³/mol. The van der Waals surface area contributed by atoms with Crippen molar-refractivity contribution in [1.29, 1.82) is 0 Å². The van der Waals surface area contributed by atoms with Crippen LogP contribution in [0.1, 0.15) is 82.3 Å². The van der Waals surface area contributed by atoms with Crippen LogP contribution in [0.5, 0.6) is 0 Å². The third-order valence-corrected chi connectivity index (χ3v) is 5.53. The molecule has 0 heterocycles. The van der Waals surface area contributed by atoms with Gasteiger partial charge in [0.1, 0.15) is 11.6 Å². The Morgan fingerprint density at radius 1 is 0.621 bits per heavy atom. The van der Waals surface area contributed by atoms with Crippen molar-refractivity contribution >= 4 is 0 Å². The molecule has 2 aromatic rings. The second-order valence-corrected chi connectivity index (χ2v) is 7.91. The van der Waals surface area contributed by atoms with Crippen LogP contribution in [0, 0.1) is 30.2 Å². The Labute approximate surface area is 172 Å². The van der Waals surface area contributed by atoms with Gasteiger partial charge in [0.15, 0.2) is 11.6 Å². The molecule has 0 aromatic heterocycles. The molecule has 0 saturated carbocycles. The summed E-state index contributed by atoms with van der Waals surface area (Å²) in [7, 11) is 0. The number of unbranched alkanes of at least 4 members (excludes halogenated alkanes) is 9. The van der Waals surface area contributed by atoms with E-state index in [4.69, 9.17) is 0 Å². The van der Waals surface area contributed by atoms with Gasteiger partial charge >= 0.3 is 0 Å². The Hall–Kier alpha value is -1.84. The summed E-state index contributed by atoms with van der Waals surface area (Å²) in [5.41, 5.74) is -0.0794. The molecule has 0 aliphatic heterocycles. The van der Waals surface area contributed by atoms with Crippen LogP contribution in [-0.2, 0) is 6.42 Å². The zero-order valence-corrected chi connectivity index (χ0v) is 17.6. The fourth-order valence-electron chi connectivity index (χ4n) is 3.63. The number of halogens is 4. The molecule has 0 unspecified atom stereocenters. The van der Waals surface area contributed by atoms with Crippen LogP contribution < -0.4 is 0 Å². The van der Waals surface area contributed by atoms with E-state index in [1.807, 2.05) is 0 Å². The van der Waals surface area contributed by atoms with E-state index in [1.54, 1.807) is 6.07 Å². The van der Waals surface area contributed by atoms with Gasteiger partial charge in [0.05, 0.1) is 0 Å². The van der Waals surface area contributed by atoms with Gasteiger partial charge in [-0.3, -0.25) is 0 Å². The van der Waals surface area contributed by atoms with Crippen molar-refractivity contribution in [2.75, 3.05) is 0 Å². The average molecular weight is 409 g/mol. The van der Waals surface area contributed by atoms with Gasteiger partial charge < -0.3 is 0 Å². The molecule has 0 N–H and O–H groups in total. The van der Waals surface area contributed by atoms with Gasteiger partial charge in [-0.1, -0.05) is 76.8 Å². The molecule has 0 fully saturated rings. The number of benzene rings is 2. The molecule has 2 rings (SSSR count). The van der Waals surface area contributed by atoms with Crippen molar-refractivity contribution in [1.82, 2.24) is 0 Å². The summed E-state index contributed by atoms with van der Waals surface area (Å²) in [5.74, 6) is -4.03. The number of aryl methyl sites for hydroxylation is 1. The predicted octanol–water partition coefficient (Wildman–Crippen LogP) is 8.68. The molecule has 0 aliphatic carbocycles. The van der Waals surface area contributed by atoms with Gasteiger partial charge in [0.2, 0.25) is 0 Å². The van der Waals surface area contributed by atoms with Gasteiger partial charge in [-0.05, 0) is 37.5 Å². The lowest BCUT2D eigenvalue weighted by Crippen LogP contribution is -1.99. The Balaban J connectivity index is 1.82. The molecule has 0 amide bonds. The molecule has 29 heavy (non-hydrogen) atoms. The molecule has 0 nitrogen and oxygen atoms in total. The zero-order valence-electron chi connectivity index (χ0n) is 17.6. The Morgan fingerprint density at radius 3 is 1.79 bits per heavy atom. The summed E-state index contributed by atoms with van der Waals surface area (Å²) in [6.45, 7) is 3.38. The minimum atomic E-state index is -1.27. The standard InChI is InChI=1S/C25H32F4/c1-3-4-5-6-7-8-9-10-11-12-13-19-14-15-20(23(27)16-19)21-17-22(26)18(2)24(28)25(21)29/h14-17H,3-13H2,1-2H3. The molecule has 0 saturated heterocycles. The zero-order chi connectivity index (χ0) is 21.2. The van der Waals surface area contributed by atoms with E-state index in [0.717, 1.165) is 37.8 Å². The lowest BCUT2D eigenvalue weighted by molar-refractivity contribution is 0.488. The van der Waals surface area contributed by atoms with Crippen molar-refractivity contribution < 1.29 is 17.6 Å². The first-order valence-electron chi connectivity index (χ1n) is 10.9. The maximum atomic E-state index is 14.5. The molecule has 0 aliphatic rings. The first-order valence-corrected chi connectivity index (χ1v) is 10.9. The highest BCUT2D eigenvalue weighted by atomic mass is 19.2. The maximum Gasteiger partial charge on any atom is 0.167 e. The second kappa shape index (κ2) is 12.0. The summed E-state index contributed by atoms with van der Waals surface area (Å²) >= 11 is 0. The van der Waals surface area contributed by atoms with E-state index in [0.29, 0.717) is 0 Å². The number of hydrogen-bond donors (Lipinski definition) is 0. The number of rotatable bonds is 12. The van der Waals surface area contributed by atoms with Gasteiger partial charge in [0.25, 0.3) is 0 Å².